The van der Waals surface area contributed by atoms with E-state index in [-0.39, 0.29) is 11.3 Å². The molecule has 1 atom stereocenters. The van der Waals surface area contributed by atoms with E-state index in [1.54, 1.807) is 61.6 Å². The first-order valence-corrected chi connectivity index (χ1v) is 14.1. The highest BCUT2D eigenvalue weighted by Gasteiger charge is 2.46. The molecule has 2 aromatic rings. The Labute approximate surface area is 234 Å². The van der Waals surface area contributed by atoms with E-state index in [0.717, 1.165) is 49.8 Å². The highest BCUT2D eigenvalue weighted by Crippen LogP contribution is 2.43. The summed E-state index contributed by atoms with van der Waals surface area (Å²) in [5.41, 5.74) is 1.16. The van der Waals surface area contributed by atoms with E-state index in [9.17, 15) is 14.7 Å². The maximum atomic E-state index is 13.4. The number of carbonyl (C=O) groups is 2. The second kappa shape index (κ2) is 14.4. The monoisotopic (exact) mass is 586 g/mol. The molecule has 1 aliphatic rings. The van der Waals surface area contributed by atoms with E-state index in [1.807, 2.05) is 0 Å². The van der Waals surface area contributed by atoms with Crippen LogP contribution in [0.4, 0.5) is 0 Å². The summed E-state index contributed by atoms with van der Waals surface area (Å²) in [6.07, 6.45) is 5.23. The van der Waals surface area contributed by atoms with Gasteiger partial charge in [0.1, 0.15) is 17.3 Å². The van der Waals surface area contributed by atoms with Gasteiger partial charge in [-0.25, -0.2) is 0 Å². The van der Waals surface area contributed by atoms with Crippen molar-refractivity contribution in [3.05, 3.63) is 63.6 Å². The van der Waals surface area contributed by atoms with Gasteiger partial charge in [-0.05, 0) is 63.2 Å². The maximum absolute atomic E-state index is 13.4. The molecule has 0 spiro atoms. The van der Waals surface area contributed by atoms with Gasteiger partial charge in [-0.3, -0.25) is 9.59 Å². The molecule has 1 saturated heterocycles. The van der Waals surface area contributed by atoms with Gasteiger partial charge in [-0.15, -0.1) is 0 Å². The highest BCUT2D eigenvalue weighted by atomic mass is 79.9. The third-order valence-corrected chi connectivity index (χ3v) is 7.45. The number of ether oxygens (including phenoxy) is 2. The largest absolute Gasteiger partial charge is 0.507 e. The number of benzene rings is 2. The Bertz CT molecular complexity index is 1120. The summed E-state index contributed by atoms with van der Waals surface area (Å²) < 4.78 is 11.9. The third-order valence-electron chi connectivity index (χ3n) is 6.92. The summed E-state index contributed by atoms with van der Waals surface area (Å²) in [4.78, 5) is 30.8. The number of hydrogen-bond acceptors (Lipinski definition) is 6. The van der Waals surface area contributed by atoms with Crippen molar-refractivity contribution in [3.63, 3.8) is 0 Å². The van der Waals surface area contributed by atoms with Crippen molar-refractivity contribution in [1.82, 2.24) is 9.80 Å². The topological polar surface area (TPSA) is 79.3 Å². The van der Waals surface area contributed by atoms with E-state index < -0.39 is 17.7 Å². The van der Waals surface area contributed by atoms with Crippen LogP contribution < -0.4 is 9.47 Å². The van der Waals surface area contributed by atoms with Crippen LogP contribution in [0.2, 0.25) is 0 Å². The quantitative estimate of drug-likeness (QED) is 0.162. The van der Waals surface area contributed by atoms with E-state index in [2.05, 4.69) is 34.7 Å². The predicted octanol–water partition coefficient (Wildman–Crippen LogP) is 6.18. The molecule has 1 aliphatic heterocycles. The van der Waals surface area contributed by atoms with Gasteiger partial charge < -0.3 is 24.4 Å². The van der Waals surface area contributed by atoms with Gasteiger partial charge in [0.05, 0.1) is 25.8 Å². The van der Waals surface area contributed by atoms with Crippen LogP contribution in [-0.4, -0.2) is 67.0 Å². The van der Waals surface area contributed by atoms with Crippen molar-refractivity contribution in [3.8, 4) is 11.5 Å². The Kier molecular flexibility index (Phi) is 11.2. The second-order valence-electron chi connectivity index (χ2n) is 9.51. The van der Waals surface area contributed by atoms with Crippen molar-refractivity contribution in [2.45, 2.75) is 52.0 Å². The fraction of sp³-hybridized carbons (Fsp3) is 0.467. The number of nitrogens with zero attached hydrogens (tertiary/aromatic N) is 2. The number of ketones is 1. The molecule has 1 amide bonds. The smallest absolute Gasteiger partial charge is 0.295 e. The van der Waals surface area contributed by atoms with Crippen molar-refractivity contribution in [1.29, 1.82) is 0 Å². The minimum Gasteiger partial charge on any atom is -0.507 e. The van der Waals surface area contributed by atoms with Gasteiger partial charge in [-0.2, -0.15) is 0 Å². The molecule has 0 saturated carbocycles. The molecular weight excluding hydrogens is 548 g/mol. The number of unbranched alkanes of at least 4 members (excludes halogenated alkanes) is 2. The molecular formula is C30H39BrN2O5. The van der Waals surface area contributed by atoms with E-state index in [4.69, 9.17) is 9.47 Å². The minimum atomic E-state index is -0.778. The zero-order valence-electron chi connectivity index (χ0n) is 22.8. The molecule has 1 heterocycles. The Balaban J connectivity index is 2.00. The molecule has 2 aromatic carbocycles. The van der Waals surface area contributed by atoms with E-state index in [0.29, 0.717) is 35.6 Å². The minimum absolute atomic E-state index is 0.0645. The molecule has 0 radical (unpaired) electrons. The molecule has 8 heteroatoms. The first-order chi connectivity index (χ1) is 18.4. The Morgan fingerprint density at radius 3 is 2.16 bits per heavy atom. The molecule has 206 valence electrons. The van der Waals surface area contributed by atoms with Gasteiger partial charge in [0.2, 0.25) is 0 Å². The molecule has 0 aromatic heterocycles. The van der Waals surface area contributed by atoms with Crippen molar-refractivity contribution in [2.75, 3.05) is 40.4 Å². The summed E-state index contributed by atoms with van der Waals surface area (Å²) in [7, 11) is 3.11. The zero-order valence-corrected chi connectivity index (χ0v) is 24.4. The molecule has 0 aliphatic carbocycles. The van der Waals surface area contributed by atoms with Crippen molar-refractivity contribution >= 4 is 33.4 Å². The SMILES string of the molecule is CCCCN(CCCC)CCCN1C(=O)C(=O)C(=C(O)c2ccc(Br)cc2)C1c1ccc(OC)cc1OC. The number of aliphatic hydroxyl groups excluding tert-OH is 1. The van der Waals surface area contributed by atoms with Gasteiger partial charge in [0.15, 0.2) is 0 Å². The van der Waals surface area contributed by atoms with Crippen LogP contribution in [0.3, 0.4) is 0 Å². The summed E-state index contributed by atoms with van der Waals surface area (Å²) in [5, 5.41) is 11.3. The molecule has 7 nitrogen and oxygen atoms in total. The first kappa shape index (κ1) is 29.7. The summed E-state index contributed by atoms with van der Waals surface area (Å²) in [6, 6.07) is 11.5. The fourth-order valence-corrected chi connectivity index (χ4v) is 5.07. The first-order valence-electron chi connectivity index (χ1n) is 13.3. The van der Waals surface area contributed by atoms with Crippen LogP contribution in [0.5, 0.6) is 11.5 Å². The second-order valence-corrected chi connectivity index (χ2v) is 10.4. The average Bonchev–Trinajstić information content (AvgIpc) is 3.18. The summed E-state index contributed by atoms with van der Waals surface area (Å²) in [6.45, 7) is 7.64. The molecule has 1 unspecified atom stereocenters. The van der Waals surface area contributed by atoms with Crippen LogP contribution in [0.25, 0.3) is 5.76 Å². The number of carbonyl (C=O) groups excluding carboxylic acids is 2. The Morgan fingerprint density at radius 1 is 0.947 bits per heavy atom. The fourth-order valence-electron chi connectivity index (χ4n) is 4.81. The van der Waals surface area contributed by atoms with Gasteiger partial charge >= 0.3 is 0 Å². The number of rotatable bonds is 14. The van der Waals surface area contributed by atoms with Crippen LogP contribution in [0.15, 0.2) is 52.5 Å². The third kappa shape index (κ3) is 6.97. The van der Waals surface area contributed by atoms with Crippen LogP contribution in [-0.2, 0) is 9.59 Å². The van der Waals surface area contributed by atoms with Gasteiger partial charge in [0.25, 0.3) is 11.7 Å². The standard InChI is InChI=1S/C30H39BrN2O5/c1-5-7-16-32(17-8-6-2)18-9-19-33-27(24-15-14-23(37-3)20-25(24)38-4)26(29(35)30(33)36)28(34)21-10-12-22(31)13-11-21/h10-15,20,27,34H,5-9,16-19H2,1-4H3. The number of likely N-dealkylation sites (tertiary alicyclic amines) is 1. The molecule has 0 bridgehead atoms. The number of halogens is 1. The van der Waals surface area contributed by atoms with Crippen molar-refractivity contribution in [2.24, 2.45) is 0 Å². The number of hydrogen-bond donors (Lipinski definition) is 1. The lowest BCUT2D eigenvalue weighted by atomic mass is 9.94. The normalized spacial score (nSPS) is 16.9. The number of aliphatic hydroxyl groups is 1. The average molecular weight is 588 g/mol. The zero-order chi connectivity index (χ0) is 27.7. The number of methoxy groups -OCH3 is 2. The lowest BCUT2D eigenvalue weighted by Gasteiger charge is -2.28. The Hall–Kier alpha value is -2.84. The van der Waals surface area contributed by atoms with Crippen LogP contribution in [0.1, 0.15) is 63.1 Å². The lowest BCUT2D eigenvalue weighted by molar-refractivity contribution is -0.140. The van der Waals surface area contributed by atoms with Gasteiger partial charge in [-0.1, -0.05) is 54.8 Å². The van der Waals surface area contributed by atoms with E-state index >= 15 is 0 Å². The van der Waals surface area contributed by atoms with Crippen LogP contribution >= 0.6 is 15.9 Å². The number of amides is 1. The highest BCUT2D eigenvalue weighted by molar-refractivity contribution is 9.10. The van der Waals surface area contributed by atoms with Crippen LogP contribution in [0, 0.1) is 0 Å². The molecule has 38 heavy (non-hydrogen) atoms. The Morgan fingerprint density at radius 2 is 1.58 bits per heavy atom. The number of Topliss-reactive ketones (excluding diaryl/α,β-unsaturated/α-hetero) is 1. The summed E-state index contributed by atoms with van der Waals surface area (Å²) >= 11 is 3.40. The van der Waals surface area contributed by atoms with Gasteiger partial charge in [0, 0.05) is 28.2 Å². The molecule has 3 rings (SSSR count). The predicted molar refractivity (Wildman–Crippen MR) is 154 cm³/mol. The molecule has 1 N–H and O–H groups in total. The molecule has 1 fully saturated rings. The van der Waals surface area contributed by atoms with E-state index in [1.165, 1.54) is 0 Å². The lowest BCUT2D eigenvalue weighted by Crippen LogP contribution is -2.34. The van der Waals surface area contributed by atoms with Crippen molar-refractivity contribution < 1.29 is 24.2 Å². The maximum Gasteiger partial charge on any atom is 0.295 e. The summed E-state index contributed by atoms with van der Waals surface area (Å²) in [5.74, 6) is -0.426.